The van der Waals surface area contributed by atoms with E-state index >= 15 is 0 Å². The summed E-state index contributed by atoms with van der Waals surface area (Å²) in [6.45, 7) is -0.144. The Kier molecular flexibility index (Phi) is 8.92. The molecule has 0 aromatic heterocycles. The van der Waals surface area contributed by atoms with E-state index in [1.54, 1.807) is 31.4 Å². The average Bonchev–Trinajstić information content (AvgIpc) is 2.86. The van der Waals surface area contributed by atoms with Gasteiger partial charge in [-0.25, -0.2) is 9.18 Å². The van der Waals surface area contributed by atoms with Crippen molar-refractivity contribution in [3.05, 3.63) is 88.2 Å². The van der Waals surface area contributed by atoms with Crippen LogP contribution in [-0.4, -0.2) is 49.3 Å². The lowest BCUT2D eigenvalue weighted by molar-refractivity contribution is -0.134. The first-order valence-corrected chi connectivity index (χ1v) is 11.1. The fraction of sp³-hybridized carbons (Fsp3) is 0.231. The van der Waals surface area contributed by atoms with Crippen LogP contribution in [-0.2, 0) is 17.8 Å². The normalized spacial score (nSPS) is 10.5. The summed E-state index contributed by atoms with van der Waals surface area (Å²) in [6, 6.07) is 15.8. The SMILES string of the molecule is COc1ccc(CCN(Cc2ccccc2F)C(=O)COc2ccc(Cl)cc2C(=O)O)cc1OC. The highest BCUT2D eigenvalue weighted by Gasteiger charge is 2.19. The van der Waals surface area contributed by atoms with Crippen LogP contribution in [0.25, 0.3) is 0 Å². The molecular weight excluding hydrogens is 477 g/mol. The van der Waals surface area contributed by atoms with Crippen molar-refractivity contribution in [2.75, 3.05) is 27.4 Å². The number of benzene rings is 3. The molecule has 0 aliphatic carbocycles. The topological polar surface area (TPSA) is 85.3 Å². The predicted octanol–water partition coefficient (Wildman–Crippen LogP) is 4.84. The molecule has 0 heterocycles. The maximum Gasteiger partial charge on any atom is 0.339 e. The fourth-order valence-electron chi connectivity index (χ4n) is 3.45. The van der Waals surface area contributed by atoms with Crippen LogP contribution in [0.15, 0.2) is 60.7 Å². The summed E-state index contributed by atoms with van der Waals surface area (Å²) < 4.78 is 30.4. The van der Waals surface area contributed by atoms with Gasteiger partial charge < -0.3 is 24.2 Å². The number of nitrogens with zero attached hydrogens (tertiary/aromatic N) is 1. The molecule has 0 saturated carbocycles. The van der Waals surface area contributed by atoms with Crippen molar-refractivity contribution < 1.29 is 33.3 Å². The molecule has 3 rings (SSSR count). The monoisotopic (exact) mass is 501 g/mol. The minimum Gasteiger partial charge on any atom is -0.493 e. The Morgan fingerprint density at radius 3 is 2.37 bits per heavy atom. The number of ether oxygens (including phenoxy) is 3. The predicted molar refractivity (Wildman–Crippen MR) is 129 cm³/mol. The third-order valence-electron chi connectivity index (χ3n) is 5.31. The molecule has 0 spiro atoms. The summed E-state index contributed by atoms with van der Waals surface area (Å²) in [5.41, 5.74) is 1.09. The van der Waals surface area contributed by atoms with Crippen molar-refractivity contribution in [1.29, 1.82) is 0 Å². The van der Waals surface area contributed by atoms with E-state index < -0.39 is 24.3 Å². The highest BCUT2D eigenvalue weighted by molar-refractivity contribution is 6.31. The molecule has 35 heavy (non-hydrogen) atoms. The molecule has 0 aliphatic rings. The number of halogens is 2. The fourth-order valence-corrected chi connectivity index (χ4v) is 3.62. The van der Waals surface area contributed by atoms with E-state index in [2.05, 4.69) is 0 Å². The van der Waals surface area contributed by atoms with Gasteiger partial charge in [0.2, 0.25) is 0 Å². The van der Waals surface area contributed by atoms with Gasteiger partial charge in [-0.2, -0.15) is 0 Å². The van der Waals surface area contributed by atoms with Crippen molar-refractivity contribution in [3.63, 3.8) is 0 Å². The van der Waals surface area contributed by atoms with Crippen LogP contribution >= 0.6 is 11.6 Å². The second kappa shape index (κ2) is 12.1. The third-order valence-corrected chi connectivity index (χ3v) is 5.55. The first-order valence-electron chi connectivity index (χ1n) is 10.7. The number of amides is 1. The quantitative estimate of drug-likeness (QED) is 0.404. The van der Waals surface area contributed by atoms with Crippen LogP contribution in [0, 0.1) is 5.82 Å². The molecule has 0 aliphatic heterocycles. The van der Waals surface area contributed by atoms with Crippen molar-refractivity contribution in [2.24, 2.45) is 0 Å². The van der Waals surface area contributed by atoms with Crippen LogP contribution in [0.4, 0.5) is 4.39 Å². The Balaban J connectivity index is 1.77. The maximum absolute atomic E-state index is 14.3. The van der Waals surface area contributed by atoms with E-state index in [4.69, 9.17) is 25.8 Å². The molecule has 184 valence electrons. The van der Waals surface area contributed by atoms with Gasteiger partial charge in [0, 0.05) is 23.7 Å². The van der Waals surface area contributed by atoms with Gasteiger partial charge in [-0.3, -0.25) is 4.79 Å². The standard InChI is InChI=1S/C26H25ClFNO6/c1-33-23-9-7-17(13-24(23)34-2)11-12-29(15-18-5-3-4-6-21(18)28)25(30)16-35-22-10-8-19(27)14-20(22)26(31)32/h3-10,13-14H,11-12,15-16H2,1-2H3,(H,31,32). The summed E-state index contributed by atoms with van der Waals surface area (Å²) in [5, 5.41) is 9.62. The van der Waals surface area contributed by atoms with Crippen molar-refractivity contribution in [3.8, 4) is 17.2 Å². The summed E-state index contributed by atoms with van der Waals surface area (Å²) >= 11 is 5.87. The smallest absolute Gasteiger partial charge is 0.339 e. The molecule has 0 saturated heterocycles. The second-order valence-electron chi connectivity index (χ2n) is 7.58. The number of carbonyl (C=O) groups is 2. The first-order chi connectivity index (χ1) is 16.8. The largest absolute Gasteiger partial charge is 0.493 e. The van der Waals surface area contributed by atoms with E-state index in [-0.39, 0.29) is 29.4 Å². The summed E-state index contributed by atoms with van der Waals surface area (Å²) in [7, 11) is 3.08. The highest BCUT2D eigenvalue weighted by atomic mass is 35.5. The van der Waals surface area contributed by atoms with Crippen molar-refractivity contribution >= 4 is 23.5 Å². The summed E-state index contributed by atoms with van der Waals surface area (Å²) in [6.07, 6.45) is 0.460. The van der Waals surface area contributed by atoms with E-state index in [1.165, 1.54) is 36.3 Å². The van der Waals surface area contributed by atoms with Gasteiger partial charge in [-0.15, -0.1) is 0 Å². The van der Waals surface area contributed by atoms with E-state index in [0.29, 0.717) is 23.5 Å². The summed E-state index contributed by atoms with van der Waals surface area (Å²) in [5.74, 6) is -0.929. The lowest BCUT2D eigenvalue weighted by atomic mass is 10.1. The molecule has 0 fully saturated rings. The lowest BCUT2D eigenvalue weighted by Crippen LogP contribution is -2.36. The number of aromatic carboxylic acids is 1. The molecule has 1 amide bonds. The Hall–Kier alpha value is -3.78. The third kappa shape index (κ3) is 6.86. The zero-order valence-corrected chi connectivity index (χ0v) is 20.0. The molecule has 0 radical (unpaired) electrons. The molecule has 0 bridgehead atoms. The van der Waals surface area contributed by atoms with Crippen molar-refractivity contribution in [2.45, 2.75) is 13.0 Å². The molecule has 0 atom stereocenters. The molecule has 3 aromatic carbocycles. The van der Waals surface area contributed by atoms with Gasteiger partial charge in [0.15, 0.2) is 18.1 Å². The number of carbonyl (C=O) groups excluding carboxylic acids is 1. The summed E-state index contributed by atoms with van der Waals surface area (Å²) in [4.78, 5) is 26.0. The number of hydrogen-bond acceptors (Lipinski definition) is 5. The van der Waals surface area contributed by atoms with E-state index in [0.717, 1.165) is 5.56 Å². The first kappa shape index (κ1) is 25.8. The van der Waals surface area contributed by atoms with E-state index in [9.17, 15) is 19.1 Å². The molecule has 0 unspecified atom stereocenters. The Labute approximate surface area is 207 Å². The van der Waals surface area contributed by atoms with Gasteiger partial charge in [0.25, 0.3) is 5.91 Å². The number of carboxylic acids is 1. The molecular formula is C26H25ClFNO6. The van der Waals surface area contributed by atoms with Crippen LogP contribution in [0.2, 0.25) is 5.02 Å². The number of methoxy groups -OCH3 is 2. The number of carboxylic acid groups (broad SMARTS) is 1. The van der Waals surface area contributed by atoms with Crippen LogP contribution < -0.4 is 14.2 Å². The average molecular weight is 502 g/mol. The number of rotatable bonds is 11. The molecule has 1 N–H and O–H groups in total. The Bertz CT molecular complexity index is 1200. The Morgan fingerprint density at radius 1 is 0.971 bits per heavy atom. The van der Waals surface area contributed by atoms with Crippen LogP contribution in [0.1, 0.15) is 21.5 Å². The molecule has 7 nitrogen and oxygen atoms in total. The molecule has 3 aromatic rings. The highest BCUT2D eigenvalue weighted by Crippen LogP contribution is 2.28. The van der Waals surface area contributed by atoms with Gasteiger partial charge in [-0.05, 0) is 48.4 Å². The Morgan fingerprint density at radius 2 is 1.69 bits per heavy atom. The van der Waals surface area contributed by atoms with Crippen LogP contribution in [0.5, 0.6) is 17.2 Å². The zero-order chi connectivity index (χ0) is 25.4. The van der Waals surface area contributed by atoms with Gasteiger partial charge in [0.1, 0.15) is 17.1 Å². The van der Waals surface area contributed by atoms with Gasteiger partial charge in [-0.1, -0.05) is 35.9 Å². The van der Waals surface area contributed by atoms with E-state index in [1.807, 2.05) is 12.1 Å². The van der Waals surface area contributed by atoms with Crippen LogP contribution in [0.3, 0.4) is 0 Å². The number of hydrogen-bond donors (Lipinski definition) is 1. The van der Waals surface area contributed by atoms with Gasteiger partial charge >= 0.3 is 5.97 Å². The minimum absolute atomic E-state index is 0.0148. The zero-order valence-electron chi connectivity index (χ0n) is 19.3. The maximum atomic E-state index is 14.3. The van der Waals surface area contributed by atoms with Gasteiger partial charge in [0.05, 0.1) is 14.2 Å². The minimum atomic E-state index is -1.23. The molecule has 9 heteroatoms. The van der Waals surface area contributed by atoms with Crippen molar-refractivity contribution in [1.82, 2.24) is 4.90 Å². The second-order valence-corrected chi connectivity index (χ2v) is 8.02. The lowest BCUT2D eigenvalue weighted by Gasteiger charge is -2.24.